The zero-order valence-electron chi connectivity index (χ0n) is 15.0. The molecular weight excluding hydrogens is 419 g/mol. The molecule has 0 atom stereocenters. The van der Waals surface area contributed by atoms with Gasteiger partial charge in [-0.1, -0.05) is 23.2 Å². The number of carbonyl (C=O) groups excluding carboxylic acids is 1. The normalized spacial score (nSPS) is 13.4. The minimum absolute atomic E-state index is 0.0123. The van der Waals surface area contributed by atoms with Crippen LogP contribution in [0, 0.1) is 10.1 Å². The van der Waals surface area contributed by atoms with Gasteiger partial charge in [-0.3, -0.25) is 24.3 Å². The highest BCUT2D eigenvalue weighted by atomic mass is 35.5. The molecule has 0 radical (unpaired) electrons. The maximum absolute atomic E-state index is 12.9. The first-order chi connectivity index (χ1) is 13.8. The van der Waals surface area contributed by atoms with Crippen LogP contribution >= 0.6 is 23.2 Å². The van der Waals surface area contributed by atoms with E-state index in [-0.39, 0.29) is 28.5 Å². The highest BCUT2D eigenvalue weighted by Gasteiger charge is 2.25. The number of fused-ring (bicyclic) bond motifs is 2. The second-order valence-corrected chi connectivity index (χ2v) is 7.52. The molecular formula is C19H14Cl2N4O4. The van der Waals surface area contributed by atoms with Crippen LogP contribution in [0.3, 0.4) is 0 Å². The van der Waals surface area contributed by atoms with Gasteiger partial charge in [0.25, 0.3) is 11.2 Å². The molecule has 0 spiro atoms. The van der Waals surface area contributed by atoms with Crippen LogP contribution < -0.4 is 10.5 Å². The second-order valence-electron chi connectivity index (χ2n) is 6.68. The average molecular weight is 433 g/mol. The van der Waals surface area contributed by atoms with Gasteiger partial charge in [-0.25, -0.2) is 4.98 Å². The van der Waals surface area contributed by atoms with Crippen molar-refractivity contribution in [1.82, 2.24) is 9.55 Å². The van der Waals surface area contributed by atoms with Crippen molar-refractivity contribution in [3.8, 4) is 0 Å². The Bertz CT molecular complexity index is 1220. The maximum atomic E-state index is 12.9. The van der Waals surface area contributed by atoms with Gasteiger partial charge in [0.2, 0.25) is 5.91 Å². The first-order valence-corrected chi connectivity index (χ1v) is 9.52. The molecule has 0 saturated carbocycles. The predicted octanol–water partition coefficient (Wildman–Crippen LogP) is 3.59. The van der Waals surface area contributed by atoms with Gasteiger partial charge >= 0.3 is 0 Å². The van der Waals surface area contributed by atoms with Crippen LogP contribution in [-0.4, -0.2) is 26.9 Å². The average Bonchev–Trinajstić information content (AvgIpc) is 2.69. The van der Waals surface area contributed by atoms with Crippen molar-refractivity contribution in [3.05, 3.63) is 72.7 Å². The zero-order valence-corrected chi connectivity index (χ0v) is 16.5. The minimum Gasteiger partial charge on any atom is -0.311 e. The summed E-state index contributed by atoms with van der Waals surface area (Å²) in [4.78, 5) is 42.0. The van der Waals surface area contributed by atoms with E-state index in [2.05, 4.69) is 4.98 Å². The maximum Gasteiger partial charge on any atom is 0.269 e. The van der Waals surface area contributed by atoms with E-state index in [1.54, 1.807) is 11.0 Å². The lowest BCUT2D eigenvalue weighted by Gasteiger charge is -2.29. The van der Waals surface area contributed by atoms with Gasteiger partial charge in [-0.15, -0.1) is 0 Å². The molecule has 148 valence electrons. The van der Waals surface area contributed by atoms with E-state index in [1.165, 1.54) is 35.2 Å². The van der Waals surface area contributed by atoms with Crippen molar-refractivity contribution >= 4 is 51.4 Å². The van der Waals surface area contributed by atoms with E-state index in [1.807, 2.05) is 0 Å². The van der Waals surface area contributed by atoms with Gasteiger partial charge in [0.15, 0.2) is 0 Å². The quantitative estimate of drug-likeness (QED) is 0.465. The topological polar surface area (TPSA) is 98.3 Å². The number of amides is 1. The fraction of sp³-hybridized carbons (Fsp3) is 0.211. The number of aryl methyl sites for hydroxylation is 1. The summed E-state index contributed by atoms with van der Waals surface area (Å²) in [6, 6.07) is 7.40. The molecule has 1 aliphatic rings. The van der Waals surface area contributed by atoms with E-state index in [0.29, 0.717) is 35.6 Å². The van der Waals surface area contributed by atoms with Crippen molar-refractivity contribution in [2.24, 2.45) is 0 Å². The summed E-state index contributed by atoms with van der Waals surface area (Å²) >= 11 is 12.1. The first-order valence-electron chi connectivity index (χ1n) is 8.77. The molecule has 0 aliphatic carbocycles. The minimum atomic E-state index is -0.461. The Morgan fingerprint density at radius 1 is 1.24 bits per heavy atom. The van der Waals surface area contributed by atoms with Gasteiger partial charge in [0.05, 0.1) is 27.2 Å². The number of nitrogens with zero attached hydrogens (tertiary/aromatic N) is 4. The van der Waals surface area contributed by atoms with Crippen molar-refractivity contribution in [2.45, 2.75) is 19.4 Å². The number of rotatable bonds is 3. The van der Waals surface area contributed by atoms with Crippen LogP contribution in [0.1, 0.15) is 12.0 Å². The van der Waals surface area contributed by atoms with E-state index >= 15 is 0 Å². The van der Waals surface area contributed by atoms with Gasteiger partial charge in [-0.05, 0) is 36.6 Å². The number of nitro benzene ring substituents is 1. The second kappa shape index (κ2) is 7.46. The highest BCUT2D eigenvalue weighted by Crippen LogP contribution is 2.30. The lowest BCUT2D eigenvalue weighted by atomic mass is 10.0. The summed E-state index contributed by atoms with van der Waals surface area (Å²) in [7, 11) is 0. The van der Waals surface area contributed by atoms with Crippen LogP contribution in [-0.2, 0) is 17.8 Å². The van der Waals surface area contributed by atoms with Crippen LogP contribution in [0.2, 0.25) is 10.0 Å². The first kappa shape index (κ1) is 19.4. The number of halogens is 2. The molecule has 0 bridgehead atoms. The van der Waals surface area contributed by atoms with Gasteiger partial charge in [0.1, 0.15) is 6.54 Å². The summed E-state index contributed by atoms with van der Waals surface area (Å²) in [6.07, 6.45) is 2.61. The number of anilines is 1. The standard InChI is InChI=1S/C19H14Cl2N4O4/c20-12-7-14-18(15(21)8-12)22-10-23(19(14)27)9-17(26)24-5-1-2-11-6-13(25(28)29)3-4-16(11)24/h3-4,6-8,10H,1-2,5,9H2. The molecule has 1 amide bonds. The SMILES string of the molecule is O=C(Cn1cnc2c(Cl)cc(Cl)cc2c1=O)N1CCCc2cc([N+](=O)[O-])ccc21. The number of non-ortho nitro benzene ring substituents is 1. The predicted molar refractivity (Wildman–Crippen MR) is 110 cm³/mol. The number of aromatic nitrogens is 2. The summed E-state index contributed by atoms with van der Waals surface area (Å²) in [6.45, 7) is 0.249. The Morgan fingerprint density at radius 3 is 2.79 bits per heavy atom. The number of nitro groups is 1. The van der Waals surface area contributed by atoms with E-state index in [4.69, 9.17) is 23.2 Å². The Morgan fingerprint density at radius 2 is 2.03 bits per heavy atom. The van der Waals surface area contributed by atoms with Gasteiger partial charge in [-0.2, -0.15) is 0 Å². The van der Waals surface area contributed by atoms with Crippen molar-refractivity contribution in [3.63, 3.8) is 0 Å². The van der Waals surface area contributed by atoms with E-state index in [9.17, 15) is 19.7 Å². The molecule has 0 fully saturated rings. The van der Waals surface area contributed by atoms with Gasteiger partial charge < -0.3 is 4.90 Å². The zero-order chi connectivity index (χ0) is 20.7. The largest absolute Gasteiger partial charge is 0.311 e. The smallest absolute Gasteiger partial charge is 0.269 e. The fourth-order valence-electron chi connectivity index (χ4n) is 3.49. The Balaban J connectivity index is 1.67. The highest BCUT2D eigenvalue weighted by molar-refractivity contribution is 6.38. The number of carbonyl (C=O) groups is 1. The molecule has 4 rings (SSSR count). The molecule has 29 heavy (non-hydrogen) atoms. The Hall–Kier alpha value is -2.97. The molecule has 2 aromatic carbocycles. The Labute approximate surface area is 174 Å². The third kappa shape index (κ3) is 3.56. The van der Waals surface area contributed by atoms with E-state index in [0.717, 1.165) is 5.56 Å². The summed E-state index contributed by atoms with van der Waals surface area (Å²) in [5, 5.41) is 11.8. The lowest BCUT2D eigenvalue weighted by molar-refractivity contribution is -0.384. The summed E-state index contributed by atoms with van der Waals surface area (Å²) in [5.41, 5.74) is 1.25. The molecule has 0 N–H and O–H groups in total. The number of hydrogen-bond acceptors (Lipinski definition) is 5. The van der Waals surface area contributed by atoms with Crippen molar-refractivity contribution in [1.29, 1.82) is 0 Å². The third-order valence-electron chi connectivity index (χ3n) is 4.84. The van der Waals surface area contributed by atoms with Crippen LogP contribution in [0.5, 0.6) is 0 Å². The van der Waals surface area contributed by atoms with E-state index < -0.39 is 10.5 Å². The molecule has 0 unspecified atom stereocenters. The monoisotopic (exact) mass is 432 g/mol. The molecule has 8 nitrogen and oxygen atoms in total. The number of hydrogen-bond donors (Lipinski definition) is 0. The van der Waals surface area contributed by atoms with Gasteiger partial charge in [0, 0.05) is 29.4 Å². The number of benzene rings is 2. The molecule has 1 aliphatic heterocycles. The Kier molecular flexibility index (Phi) is 4.97. The summed E-state index contributed by atoms with van der Waals surface area (Å²) in [5.74, 6) is -0.309. The van der Waals surface area contributed by atoms with Crippen LogP contribution in [0.15, 0.2) is 41.5 Å². The molecule has 10 heteroatoms. The van der Waals surface area contributed by atoms with Crippen molar-refractivity contribution < 1.29 is 9.72 Å². The molecule has 2 heterocycles. The molecule has 3 aromatic rings. The summed E-state index contributed by atoms with van der Waals surface area (Å²) < 4.78 is 1.21. The van der Waals surface area contributed by atoms with Crippen LogP contribution in [0.4, 0.5) is 11.4 Å². The van der Waals surface area contributed by atoms with Crippen LogP contribution in [0.25, 0.3) is 10.9 Å². The molecule has 0 saturated heterocycles. The van der Waals surface area contributed by atoms with Crippen molar-refractivity contribution in [2.75, 3.05) is 11.4 Å². The lowest BCUT2D eigenvalue weighted by Crippen LogP contribution is -2.39. The molecule has 1 aromatic heterocycles. The third-order valence-corrected chi connectivity index (χ3v) is 5.35. The fourth-order valence-corrected chi connectivity index (χ4v) is 4.04.